The van der Waals surface area contributed by atoms with Crippen LogP contribution in [0.1, 0.15) is 33.1 Å². The highest BCUT2D eigenvalue weighted by atomic mass is 35.5. The Labute approximate surface area is 127 Å². The van der Waals surface area contributed by atoms with Crippen LogP contribution < -0.4 is 5.32 Å². The zero-order valence-electron chi connectivity index (χ0n) is 12.4. The lowest BCUT2D eigenvalue weighted by molar-refractivity contribution is -0.142. The molecule has 6 heteroatoms. The summed E-state index contributed by atoms with van der Waals surface area (Å²) < 4.78 is 0. The molecule has 2 aliphatic heterocycles. The summed E-state index contributed by atoms with van der Waals surface area (Å²) in [4.78, 5) is 28.0. The van der Waals surface area contributed by atoms with Crippen molar-refractivity contribution in [1.82, 2.24) is 15.1 Å². The molecule has 0 aromatic rings. The van der Waals surface area contributed by atoms with Crippen LogP contribution in [0.5, 0.6) is 0 Å². The predicted molar refractivity (Wildman–Crippen MR) is 80.9 cm³/mol. The van der Waals surface area contributed by atoms with E-state index in [1.54, 1.807) is 0 Å². The first-order valence-electron chi connectivity index (χ1n) is 7.40. The molecule has 0 aromatic carbocycles. The molecular formula is C14H26ClN3O2. The summed E-state index contributed by atoms with van der Waals surface area (Å²) in [5.41, 5.74) is 0. The molecule has 1 atom stereocenters. The average molecular weight is 304 g/mol. The average Bonchev–Trinajstić information content (AvgIpc) is 2.46. The van der Waals surface area contributed by atoms with Gasteiger partial charge in [0.05, 0.1) is 6.04 Å². The topological polar surface area (TPSA) is 52.7 Å². The van der Waals surface area contributed by atoms with Crippen LogP contribution >= 0.6 is 12.4 Å². The van der Waals surface area contributed by atoms with Crippen molar-refractivity contribution in [3.05, 3.63) is 0 Å². The largest absolute Gasteiger partial charge is 0.339 e. The van der Waals surface area contributed by atoms with E-state index in [1.807, 2.05) is 23.6 Å². The Morgan fingerprint density at radius 2 is 1.65 bits per heavy atom. The molecule has 2 fully saturated rings. The highest BCUT2D eigenvalue weighted by Crippen LogP contribution is 2.13. The van der Waals surface area contributed by atoms with Crippen molar-refractivity contribution in [2.45, 2.75) is 39.2 Å². The summed E-state index contributed by atoms with van der Waals surface area (Å²) in [6.45, 7) is 7.50. The number of piperazine rings is 1. The van der Waals surface area contributed by atoms with Gasteiger partial charge in [-0.05, 0) is 19.4 Å². The maximum atomic E-state index is 12.3. The maximum absolute atomic E-state index is 12.3. The van der Waals surface area contributed by atoms with Gasteiger partial charge in [-0.2, -0.15) is 0 Å². The molecule has 0 saturated carbocycles. The first-order valence-corrected chi connectivity index (χ1v) is 7.40. The number of nitrogens with zero attached hydrogens (tertiary/aromatic N) is 2. The molecule has 0 spiro atoms. The third kappa shape index (κ3) is 4.09. The molecule has 0 aromatic heterocycles. The van der Waals surface area contributed by atoms with E-state index in [0.29, 0.717) is 26.2 Å². The number of rotatable bonds is 2. The van der Waals surface area contributed by atoms with E-state index in [1.165, 1.54) is 6.42 Å². The number of halogens is 1. The Hall–Kier alpha value is -0.810. The van der Waals surface area contributed by atoms with Gasteiger partial charge >= 0.3 is 0 Å². The van der Waals surface area contributed by atoms with E-state index in [0.717, 1.165) is 19.4 Å². The second kappa shape index (κ2) is 7.84. The van der Waals surface area contributed by atoms with Gasteiger partial charge in [-0.15, -0.1) is 12.4 Å². The number of hydrogen-bond acceptors (Lipinski definition) is 3. The number of amides is 2. The van der Waals surface area contributed by atoms with E-state index >= 15 is 0 Å². The van der Waals surface area contributed by atoms with Crippen LogP contribution in [0.4, 0.5) is 0 Å². The molecule has 2 saturated heterocycles. The molecule has 1 unspecified atom stereocenters. The number of nitrogens with one attached hydrogen (secondary N) is 1. The first-order chi connectivity index (χ1) is 9.09. The smallest absolute Gasteiger partial charge is 0.239 e. The summed E-state index contributed by atoms with van der Waals surface area (Å²) in [6, 6.07) is 0.00102. The molecule has 0 radical (unpaired) electrons. The van der Waals surface area contributed by atoms with Crippen LogP contribution in [-0.2, 0) is 9.59 Å². The zero-order valence-corrected chi connectivity index (χ0v) is 13.2. The zero-order chi connectivity index (χ0) is 13.8. The Morgan fingerprint density at radius 3 is 2.15 bits per heavy atom. The standard InChI is InChI=1S/C14H25N3O2.ClH/c1-11(2)13(18)16-7-9-17(10-8-16)14(19)12-5-3-4-6-15-12;/h11-12,15H,3-10H2,1-2H3;1H. The minimum atomic E-state index is 0. The third-order valence-corrected chi connectivity index (χ3v) is 4.01. The number of carbonyl (C=O) groups excluding carboxylic acids is 2. The van der Waals surface area contributed by atoms with E-state index in [2.05, 4.69) is 5.32 Å². The van der Waals surface area contributed by atoms with Gasteiger partial charge < -0.3 is 15.1 Å². The van der Waals surface area contributed by atoms with Crippen LogP contribution in [0.25, 0.3) is 0 Å². The van der Waals surface area contributed by atoms with Crippen molar-refractivity contribution in [2.75, 3.05) is 32.7 Å². The number of piperidine rings is 1. The van der Waals surface area contributed by atoms with Crippen LogP contribution in [0, 0.1) is 5.92 Å². The third-order valence-electron chi connectivity index (χ3n) is 4.01. The van der Waals surface area contributed by atoms with Gasteiger partial charge in [0.25, 0.3) is 0 Å². The molecule has 20 heavy (non-hydrogen) atoms. The lowest BCUT2D eigenvalue weighted by Crippen LogP contribution is -2.56. The maximum Gasteiger partial charge on any atom is 0.239 e. The van der Waals surface area contributed by atoms with Gasteiger partial charge in [-0.25, -0.2) is 0 Å². The molecule has 2 amide bonds. The van der Waals surface area contributed by atoms with Crippen LogP contribution in [0.3, 0.4) is 0 Å². The van der Waals surface area contributed by atoms with Crippen LogP contribution in [0.2, 0.25) is 0 Å². The Bertz CT molecular complexity index is 335. The molecule has 2 aliphatic rings. The highest BCUT2D eigenvalue weighted by molar-refractivity contribution is 5.85. The minimum absolute atomic E-state index is 0. The number of carbonyl (C=O) groups is 2. The Morgan fingerprint density at radius 1 is 1.05 bits per heavy atom. The van der Waals surface area contributed by atoms with Crippen LogP contribution in [-0.4, -0.2) is 60.4 Å². The molecule has 0 aliphatic carbocycles. The molecule has 1 N–H and O–H groups in total. The minimum Gasteiger partial charge on any atom is -0.339 e. The fourth-order valence-electron chi connectivity index (χ4n) is 2.80. The van der Waals surface area contributed by atoms with Crippen molar-refractivity contribution in [3.8, 4) is 0 Å². The van der Waals surface area contributed by atoms with E-state index in [-0.39, 0.29) is 36.2 Å². The Balaban J connectivity index is 0.00000200. The van der Waals surface area contributed by atoms with Gasteiger partial charge in [0.2, 0.25) is 11.8 Å². The molecular weight excluding hydrogens is 278 g/mol. The fourth-order valence-corrected chi connectivity index (χ4v) is 2.80. The Kier molecular flexibility index (Phi) is 6.76. The van der Waals surface area contributed by atoms with Gasteiger partial charge in [-0.1, -0.05) is 20.3 Å². The fraction of sp³-hybridized carbons (Fsp3) is 0.857. The quantitative estimate of drug-likeness (QED) is 0.824. The lowest BCUT2D eigenvalue weighted by Gasteiger charge is -2.37. The first kappa shape index (κ1) is 17.2. The summed E-state index contributed by atoms with van der Waals surface area (Å²) in [7, 11) is 0. The summed E-state index contributed by atoms with van der Waals surface area (Å²) in [5.74, 6) is 0.460. The molecule has 0 bridgehead atoms. The normalized spacial score (nSPS) is 23.4. The second-order valence-corrected chi connectivity index (χ2v) is 5.81. The van der Waals surface area contributed by atoms with Crippen molar-refractivity contribution in [1.29, 1.82) is 0 Å². The molecule has 5 nitrogen and oxygen atoms in total. The predicted octanol–water partition coefficient (Wildman–Crippen LogP) is 0.877. The number of hydrogen-bond donors (Lipinski definition) is 1. The SMILES string of the molecule is CC(C)C(=O)N1CCN(C(=O)C2CCCCN2)CC1.Cl. The summed E-state index contributed by atoms with van der Waals surface area (Å²) >= 11 is 0. The van der Waals surface area contributed by atoms with Gasteiger partial charge in [0, 0.05) is 32.1 Å². The van der Waals surface area contributed by atoms with Crippen LogP contribution in [0.15, 0.2) is 0 Å². The van der Waals surface area contributed by atoms with Crippen molar-refractivity contribution < 1.29 is 9.59 Å². The second-order valence-electron chi connectivity index (χ2n) is 5.81. The molecule has 116 valence electrons. The molecule has 2 heterocycles. The van der Waals surface area contributed by atoms with Gasteiger partial charge in [0.1, 0.15) is 0 Å². The summed E-state index contributed by atoms with van der Waals surface area (Å²) in [5, 5.41) is 3.30. The van der Waals surface area contributed by atoms with Crippen molar-refractivity contribution >= 4 is 24.2 Å². The van der Waals surface area contributed by atoms with Crippen molar-refractivity contribution in [3.63, 3.8) is 0 Å². The van der Waals surface area contributed by atoms with E-state index in [4.69, 9.17) is 0 Å². The van der Waals surface area contributed by atoms with E-state index in [9.17, 15) is 9.59 Å². The van der Waals surface area contributed by atoms with Gasteiger partial charge in [-0.3, -0.25) is 9.59 Å². The highest BCUT2D eigenvalue weighted by Gasteiger charge is 2.29. The summed E-state index contributed by atoms with van der Waals surface area (Å²) in [6.07, 6.45) is 3.25. The lowest BCUT2D eigenvalue weighted by atomic mass is 10.0. The van der Waals surface area contributed by atoms with E-state index < -0.39 is 0 Å². The van der Waals surface area contributed by atoms with Gasteiger partial charge in [0.15, 0.2) is 0 Å². The monoisotopic (exact) mass is 303 g/mol. The van der Waals surface area contributed by atoms with Crippen molar-refractivity contribution in [2.24, 2.45) is 5.92 Å². The molecule has 2 rings (SSSR count).